The largest absolute Gasteiger partial charge is 0.458 e. The number of esters is 1. The number of cyclic esters (lactones) is 2. The fourth-order valence-electron chi connectivity index (χ4n) is 5.54. The number of hydrogen-bond donors (Lipinski definition) is 1. The standard InChI is InChI=1S/C29H33N5O8/c35-26-18-39-11-9-32(26)21-3-1-20(2-4-21)30-13-24-14-31(17-28(37)41-24)15-25-16-34(29(38)42-25)23-7-5-22(6-8-23)33-10-12-40-19-27(33)36/h1-8,24-25,30H,9-19H2. The van der Waals surface area contributed by atoms with E-state index < -0.39 is 12.2 Å². The molecule has 0 aliphatic carbocycles. The summed E-state index contributed by atoms with van der Waals surface area (Å²) in [5.74, 6) is -0.488. The first-order chi connectivity index (χ1) is 20.4. The van der Waals surface area contributed by atoms with Crippen LogP contribution in [0.25, 0.3) is 0 Å². The zero-order chi connectivity index (χ0) is 29.1. The van der Waals surface area contributed by atoms with E-state index in [1.54, 1.807) is 26.8 Å². The minimum absolute atomic E-state index is 0.0633. The van der Waals surface area contributed by atoms with Crippen molar-refractivity contribution in [1.82, 2.24) is 4.90 Å². The number of nitrogens with one attached hydrogen (secondary N) is 1. The minimum atomic E-state index is -0.449. The van der Waals surface area contributed by atoms with Crippen LogP contribution in [0.4, 0.5) is 27.5 Å². The monoisotopic (exact) mass is 579 g/mol. The van der Waals surface area contributed by atoms with Gasteiger partial charge in [-0.3, -0.25) is 24.2 Å². The topological polar surface area (TPSA) is 130 Å². The Balaban J connectivity index is 0.999. The molecule has 13 nitrogen and oxygen atoms in total. The van der Waals surface area contributed by atoms with E-state index in [2.05, 4.69) is 5.32 Å². The second kappa shape index (κ2) is 12.3. The highest BCUT2D eigenvalue weighted by Crippen LogP contribution is 2.26. The number of hydrogen-bond acceptors (Lipinski definition) is 10. The highest BCUT2D eigenvalue weighted by Gasteiger charge is 2.36. The lowest BCUT2D eigenvalue weighted by atomic mass is 10.2. The molecule has 1 N–H and O–H groups in total. The number of morpholine rings is 3. The lowest BCUT2D eigenvalue weighted by Crippen LogP contribution is -2.50. The molecule has 222 valence electrons. The molecule has 6 rings (SSSR count). The molecule has 4 heterocycles. The molecular formula is C29H33N5O8. The summed E-state index contributed by atoms with van der Waals surface area (Å²) >= 11 is 0. The first-order valence-electron chi connectivity index (χ1n) is 14.0. The second-order valence-corrected chi connectivity index (χ2v) is 10.6. The van der Waals surface area contributed by atoms with Gasteiger partial charge in [-0.15, -0.1) is 0 Å². The molecule has 0 saturated carbocycles. The van der Waals surface area contributed by atoms with E-state index in [-0.39, 0.29) is 43.6 Å². The van der Waals surface area contributed by atoms with Gasteiger partial charge in [-0.05, 0) is 48.5 Å². The van der Waals surface area contributed by atoms with E-state index in [1.807, 2.05) is 41.3 Å². The van der Waals surface area contributed by atoms with E-state index in [1.165, 1.54) is 0 Å². The molecule has 13 heteroatoms. The summed E-state index contributed by atoms with van der Waals surface area (Å²) in [5, 5.41) is 3.30. The smallest absolute Gasteiger partial charge is 0.414 e. The molecule has 2 aromatic rings. The van der Waals surface area contributed by atoms with Crippen molar-refractivity contribution in [1.29, 1.82) is 0 Å². The van der Waals surface area contributed by atoms with Crippen LogP contribution >= 0.6 is 0 Å². The first kappa shape index (κ1) is 27.9. The van der Waals surface area contributed by atoms with Crippen LogP contribution in [0.1, 0.15) is 0 Å². The van der Waals surface area contributed by atoms with Gasteiger partial charge in [0.2, 0.25) is 0 Å². The van der Waals surface area contributed by atoms with Gasteiger partial charge in [-0.25, -0.2) is 4.79 Å². The van der Waals surface area contributed by atoms with Gasteiger partial charge in [0, 0.05) is 48.9 Å². The summed E-state index contributed by atoms with van der Waals surface area (Å²) in [6.45, 7) is 3.94. The molecule has 3 amide bonds. The third kappa shape index (κ3) is 6.32. The lowest BCUT2D eigenvalue weighted by molar-refractivity contribution is -0.158. The summed E-state index contributed by atoms with van der Waals surface area (Å²) in [4.78, 5) is 56.1. The maximum Gasteiger partial charge on any atom is 0.414 e. The molecule has 0 bridgehead atoms. The van der Waals surface area contributed by atoms with Crippen LogP contribution in [0, 0.1) is 0 Å². The maximum absolute atomic E-state index is 12.7. The highest BCUT2D eigenvalue weighted by molar-refractivity contribution is 5.96. The second-order valence-electron chi connectivity index (χ2n) is 10.6. The number of benzene rings is 2. The van der Waals surface area contributed by atoms with Gasteiger partial charge in [0.15, 0.2) is 0 Å². The third-order valence-electron chi connectivity index (χ3n) is 7.61. The van der Waals surface area contributed by atoms with Crippen LogP contribution in [0.5, 0.6) is 0 Å². The van der Waals surface area contributed by atoms with E-state index in [9.17, 15) is 19.2 Å². The average Bonchev–Trinajstić information content (AvgIpc) is 3.36. The van der Waals surface area contributed by atoms with Crippen molar-refractivity contribution in [2.24, 2.45) is 0 Å². The van der Waals surface area contributed by atoms with Crippen LogP contribution < -0.4 is 20.0 Å². The molecule has 0 radical (unpaired) electrons. The van der Waals surface area contributed by atoms with Gasteiger partial charge in [0.1, 0.15) is 25.4 Å². The number of ether oxygens (including phenoxy) is 4. The SMILES string of the molecule is O=C1CN(CC2CN(c3ccc(N4CCOCC4=O)cc3)C(=O)O2)CC(CNc2ccc(N3CCOCC3=O)cc2)O1. The predicted molar refractivity (Wildman–Crippen MR) is 152 cm³/mol. The Kier molecular flexibility index (Phi) is 8.22. The molecule has 2 aromatic carbocycles. The molecule has 4 fully saturated rings. The van der Waals surface area contributed by atoms with Crippen LogP contribution in [-0.4, -0.2) is 113 Å². The molecule has 4 saturated heterocycles. The normalized spacial score (nSPS) is 23.7. The number of amides is 3. The molecule has 0 spiro atoms. The van der Waals surface area contributed by atoms with Gasteiger partial charge < -0.3 is 34.1 Å². The molecular weight excluding hydrogens is 546 g/mol. The van der Waals surface area contributed by atoms with Gasteiger partial charge in [-0.1, -0.05) is 0 Å². The Morgan fingerprint density at radius 3 is 1.86 bits per heavy atom. The number of rotatable bonds is 8. The molecule has 4 aliphatic rings. The molecule has 4 aliphatic heterocycles. The summed E-state index contributed by atoms with van der Waals surface area (Å²) < 4.78 is 21.6. The van der Waals surface area contributed by atoms with Gasteiger partial charge in [-0.2, -0.15) is 0 Å². The van der Waals surface area contributed by atoms with Crippen LogP contribution in [-0.2, 0) is 33.3 Å². The maximum atomic E-state index is 12.7. The highest BCUT2D eigenvalue weighted by atomic mass is 16.6. The van der Waals surface area contributed by atoms with Crippen molar-refractivity contribution < 1.29 is 38.1 Å². The number of carbonyl (C=O) groups is 4. The lowest BCUT2D eigenvalue weighted by Gasteiger charge is -2.33. The van der Waals surface area contributed by atoms with Crippen LogP contribution in [0.3, 0.4) is 0 Å². The van der Waals surface area contributed by atoms with E-state index >= 15 is 0 Å². The zero-order valence-corrected chi connectivity index (χ0v) is 23.1. The van der Waals surface area contributed by atoms with Crippen molar-refractivity contribution in [3.8, 4) is 0 Å². The van der Waals surface area contributed by atoms with Gasteiger partial charge in [0.25, 0.3) is 11.8 Å². The average molecular weight is 580 g/mol. The van der Waals surface area contributed by atoms with Crippen molar-refractivity contribution in [2.45, 2.75) is 12.2 Å². The summed E-state index contributed by atoms with van der Waals surface area (Å²) in [6, 6.07) is 14.7. The minimum Gasteiger partial charge on any atom is -0.458 e. The van der Waals surface area contributed by atoms with Crippen molar-refractivity contribution in [2.75, 3.05) is 92.3 Å². The van der Waals surface area contributed by atoms with Crippen LogP contribution in [0.2, 0.25) is 0 Å². The van der Waals surface area contributed by atoms with Crippen molar-refractivity contribution in [3.05, 3.63) is 48.5 Å². The summed E-state index contributed by atoms with van der Waals surface area (Å²) in [5.41, 5.74) is 3.09. The zero-order valence-electron chi connectivity index (χ0n) is 23.1. The van der Waals surface area contributed by atoms with E-state index in [4.69, 9.17) is 18.9 Å². The molecule has 2 unspecified atom stereocenters. The molecule has 42 heavy (non-hydrogen) atoms. The van der Waals surface area contributed by atoms with Crippen molar-refractivity contribution >= 4 is 46.6 Å². The predicted octanol–water partition coefficient (Wildman–Crippen LogP) is 1.08. The Labute approximate surface area is 242 Å². The first-order valence-corrected chi connectivity index (χ1v) is 14.0. The van der Waals surface area contributed by atoms with Gasteiger partial charge in [0.05, 0.1) is 32.8 Å². The van der Waals surface area contributed by atoms with Gasteiger partial charge >= 0.3 is 12.1 Å². The Morgan fingerprint density at radius 2 is 1.26 bits per heavy atom. The number of nitrogens with zero attached hydrogens (tertiary/aromatic N) is 4. The molecule has 2 atom stereocenters. The fraction of sp³-hybridized carbons (Fsp3) is 0.448. The van der Waals surface area contributed by atoms with E-state index in [0.29, 0.717) is 58.2 Å². The summed E-state index contributed by atoms with van der Waals surface area (Å²) in [6.07, 6.45) is -1.24. The summed E-state index contributed by atoms with van der Waals surface area (Å²) in [7, 11) is 0. The van der Waals surface area contributed by atoms with E-state index in [0.717, 1.165) is 17.1 Å². The molecule has 0 aromatic heterocycles. The third-order valence-corrected chi connectivity index (χ3v) is 7.61. The van der Waals surface area contributed by atoms with Crippen molar-refractivity contribution in [3.63, 3.8) is 0 Å². The Morgan fingerprint density at radius 1 is 0.690 bits per heavy atom. The Hall–Kier alpha value is -4.20. The number of anilines is 4. The van der Waals surface area contributed by atoms with Crippen LogP contribution in [0.15, 0.2) is 48.5 Å². The quantitative estimate of drug-likeness (QED) is 0.454. The Bertz CT molecular complexity index is 1320. The fourth-order valence-corrected chi connectivity index (χ4v) is 5.54. The number of carbonyl (C=O) groups excluding carboxylic acids is 4.